The van der Waals surface area contributed by atoms with Crippen LogP contribution in [0.2, 0.25) is 0 Å². The van der Waals surface area contributed by atoms with Crippen LogP contribution in [0.1, 0.15) is 12.2 Å². The van der Waals surface area contributed by atoms with Gasteiger partial charge in [-0.25, -0.2) is 0 Å². The van der Waals surface area contributed by atoms with Gasteiger partial charge in [-0.3, -0.25) is 5.10 Å². The van der Waals surface area contributed by atoms with E-state index in [0.717, 1.165) is 50.8 Å². The van der Waals surface area contributed by atoms with E-state index in [-0.39, 0.29) is 0 Å². The molecular formula is C10H19N5O. The molecule has 16 heavy (non-hydrogen) atoms. The SMILES string of the molecule is COCCc1nc(N2CCCNCC2)n[nH]1. The van der Waals surface area contributed by atoms with Gasteiger partial charge in [0.05, 0.1) is 6.61 Å². The molecule has 1 fully saturated rings. The van der Waals surface area contributed by atoms with Crippen molar-refractivity contribution >= 4 is 5.95 Å². The normalized spacial score (nSPS) is 17.4. The standard InChI is InChI=1S/C10H19N5O/c1-16-8-3-9-12-10(14-13-9)15-6-2-4-11-5-7-15/h11H,2-8H2,1H3,(H,12,13,14). The third-order valence-electron chi connectivity index (χ3n) is 2.69. The van der Waals surface area contributed by atoms with Crippen LogP contribution in [0.3, 0.4) is 0 Å². The van der Waals surface area contributed by atoms with Gasteiger partial charge in [0.25, 0.3) is 0 Å². The Balaban J connectivity index is 1.94. The van der Waals surface area contributed by atoms with Gasteiger partial charge >= 0.3 is 0 Å². The zero-order valence-electron chi connectivity index (χ0n) is 9.70. The van der Waals surface area contributed by atoms with E-state index in [1.165, 1.54) is 0 Å². The highest BCUT2D eigenvalue weighted by molar-refractivity contribution is 5.28. The summed E-state index contributed by atoms with van der Waals surface area (Å²) in [6.45, 7) is 4.76. The van der Waals surface area contributed by atoms with Gasteiger partial charge in [-0.2, -0.15) is 4.98 Å². The molecule has 0 atom stereocenters. The Kier molecular flexibility index (Phi) is 4.12. The second-order valence-corrected chi connectivity index (χ2v) is 3.92. The average Bonchev–Trinajstić information content (AvgIpc) is 2.60. The fraction of sp³-hybridized carbons (Fsp3) is 0.800. The highest BCUT2D eigenvalue weighted by atomic mass is 16.5. The fourth-order valence-corrected chi connectivity index (χ4v) is 1.78. The van der Waals surface area contributed by atoms with Gasteiger partial charge in [0.1, 0.15) is 5.82 Å². The molecule has 1 aromatic rings. The van der Waals surface area contributed by atoms with Gasteiger partial charge in [0.15, 0.2) is 0 Å². The van der Waals surface area contributed by atoms with Gasteiger partial charge in [-0.05, 0) is 13.0 Å². The van der Waals surface area contributed by atoms with Crippen molar-refractivity contribution in [3.05, 3.63) is 5.82 Å². The molecule has 0 aliphatic carbocycles. The molecule has 0 radical (unpaired) electrons. The van der Waals surface area contributed by atoms with Crippen molar-refractivity contribution in [3.8, 4) is 0 Å². The van der Waals surface area contributed by atoms with Crippen molar-refractivity contribution in [3.63, 3.8) is 0 Å². The summed E-state index contributed by atoms with van der Waals surface area (Å²) in [5.74, 6) is 1.71. The molecule has 1 aliphatic heterocycles. The number of nitrogens with one attached hydrogen (secondary N) is 2. The quantitative estimate of drug-likeness (QED) is 0.742. The van der Waals surface area contributed by atoms with E-state index in [9.17, 15) is 0 Å². The number of aromatic nitrogens is 3. The highest BCUT2D eigenvalue weighted by Crippen LogP contribution is 2.08. The lowest BCUT2D eigenvalue weighted by atomic mass is 10.4. The van der Waals surface area contributed by atoms with E-state index in [4.69, 9.17) is 4.74 Å². The summed E-state index contributed by atoms with van der Waals surface area (Å²) < 4.78 is 5.01. The molecule has 0 spiro atoms. The second kappa shape index (κ2) is 5.81. The summed E-state index contributed by atoms with van der Waals surface area (Å²) in [6, 6.07) is 0. The minimum atomic E-state index is 0.677. The number of H-pyrrole nitrogens is 1. The van der Waals surface area contributed by atoms with Crippen LogP contribution in [-0.4, -0.2) is 55.1 Å². The summed E-state index contributed by atoms with van der Waals surface area (Å²) in [5.41, 5.74) is 0. The topological polar surface area (TPSA) is 66.1 Å². The number of ether oxygens (including phenoxy) is 1. The summed E-state index contributed by atoms with van der Waals surface area (Å²) in [5, 5.41) is 10.6. The monoisotopic (exact) mass is 225 g/mol. The molecule has 0 saturated carbocycles. The number of hydrogen-bond donors (Lipinski definition) is 2. The molecule has 1 aliphatic rings. The first-order chi connectivity index (χ1) is 7.90. The molecule has 1 aromatic heterocycles. The summed E-state index contributed by atoms with van der Waals surface area (Å²) in [6.07, 6.45) is 1.93. The Morgan fingerprint density at radius 3 is 3.19 bits per heavy atom. The fourth-order valence-electron chi connectivity index (χ4n) is 1.78. The van der Waals surface area contributed by atoms with Crippen molar-refractivity contribution < 1.29 is 4.74 Å². The predicted molar refractivity (Wildman–Crippen MR) is 61.7 cm³/mol. The van der Waals surface area contributed by atoms with Crippen molar-refractivity contribution in [2.75, 3.05) is 44.8 Å². The average molecular weight is 225 g/mol. The molecule has 0 bridgehead atoms. The number of anilines is 1. The molecule has 2 heterocycles. The maximum atomic E-state index is 5.01. The van der Waals surface area contributed by atoms with Gasteiger partial charge in [0, 0.05) is 33.2 Å². The number of methoxy groups -OCH3 is 1. The van der Waals surface area contributed by atoms with E-state index in [2.05, 4.69) is 25.4 Å². The van der Waals surface area contributed by atoms with Crippen LogP contribution in [0.25, 0.3) is 0 Å². The van der Waals surface area contributed by atoms with Crippen LogP contribution >= 0.6 is 0 Å². The van der Waals surface area contributed by atoms with Crippen molar-refractivity contribution in [1.82, 2.24) is 20.5 Å². The Bertz CT molecular complexity index is 306. The van der Waals surface area contributed by atoms with Crippen molar-refractivity contribution in [2.24, 2.45) is 0 Å². The highest BCUT2D eigenvalue weighted by Gasteiger charge is 2.13. The minimum absolute atomic E-state index is 0.677. The molecule has 2 rings (SSSR count). The number of rotatable bonds is 4. The van der Waals surface area contributed by atoms with Crippen LogP contribution in [0.5, 0.6) is 0 Å². The Morgan fingerprint density at radius 2 is 2.31 bits per heavy atom. The van der Waals surface area contributed by atoms with Gasteiger partial charge in [0.2, 0.25) is 5.95 Å². The van der Waals surface area contributed by atoms with Gasteiger partial charge < -0.3 is 15.0 Å². The third-order valence-corrected chi connectivity index (χ3v) is 2.69. The van der Waals surface area contributed by atoms with E-state index in [0.29, 0.717) is 6.61 Å². The lowest BCUT2D eigenvalue weighted by Crippen LogP contribution is -2.28. The maximum absolute atomic E-state index is 5.01. The summed E-state index contributed by atoms with van der Waals surface area (Å²) >= 11 is 0. The van der Waals surface area contributed by atoms with Crippen LogP contribution in [0.15, 0.2) is 0 Å². The number of hydrogen-bond acceptors (Lipinski definition) is 5. The Morgan fingerprint density at radius 1 is 1.38 bits per heavy atom. The molecule has 0 amide bonds. The van der Waals surface area contributed by atoms with Crippen LogP contribution in [0, 0.1) is 0 Å². The zero-order chi connectivity index (χ0) is 11.2. The molecule has 6 heteroatoms. The smallest absolute Gasteiger partial charge is 0.244 e. The largest absolute Gasteiger partial charge is 0.384 e. The number of nitrogens with zero attached hydrogens (tertiary/aromatic N) is 3. The van der Waals surface area contributed by atoms with E-state index >= 15 is 0 Å². The molecule has 6 nitrogen and oxygen atoms in total. The van der Waals surface area contributed by atoms with E-state index < -0.39 is 0 Å². The molecule has 2 N–H and O–H groups in total. The lowest BCUT2D eigenvalue weighted by Gasteiger charge is -2.16. The lowest BCUT2D eigenvalue weighted by molar-refractivity contribution is 0.200. The third kappa shape index (κ3) is 2.93. The van der Waals surface area contributed by atoms with Crippen LogP contribution < -0.4 is 10.2 Å². The van der Waals surface area contributed by atoms with Gasteiger partial charge in [-0.15, -0.1) is 5.10 Å². The Hall–Kier alpha value is -1.14. The van der Waals surface area contributed by atoms with Crippen molar-refractivity contribution in [1.29, 1.82) is 0 Å². The molecule has 0 aromatic carbocycles. The molecule has 1 saturated heterocycles. The number of aromatic amines is 1. The van der Waals surface area contributed by atoms with Gasteiger partial charge in [-0.1, -0.05) is 0 Å². The van der Waals surface area contributed by atoms with Crippen LogP contribution in [-0.2, 0) is 11.2 Å². The first-order valence-corrected chi connectivity index (χ1v) is 5.76. The minimum Gasteiger partial charge on any atom is -0.384 e. The maximum Gasteiger partial charge on any atom is 0.244 e. The zero-order valence-corrected chi connectivity index (χ0v) is 9.70. The first-order valence-electron chi connectivity index (χ1n) is 5.76. The van der Waals surface area contributed by atoms with Crippen LogP contribution in [0.4, 0.5) is 5.95 Å². The second-order valence-electron chi connectivity index (χ2n) is 3.92. The molecule has 90 valence electrons. The predicted octanol–water partition coefficient (Wildman–Crippen LogP) is -0.207. The van der Waals surface area contributed by atoms with E-state index in [1.807, 2.05) is 0 Å². The molecular weight excluding hydrogens is 206 g/mol. The summed E-state index contributed by atoms with van der Waals surface area (Å²) in [4.78, 5) is 6.68. The Labute approximate surface area is 95.4 Å². The first kappa shape index (κ1) is 11.3. The summed E-state index contributed by atoms with van der Waals surface area (Å²) in [7, 11) is 1.69. The van der Waals surface area contributed by atoms with E-state index in [1.54, 1.807) is 7.11 Å². The molecule has 0 unspecified atom stereocenters. The van der Waals surface area contributed by atoms with Crippen molar-refractivity contribution in [2.45, 2.75) is 12.8 Å².